The summed E-state index contributed by atoms with van der Waals surface area (Å²) in [5.41, 5.74) is 9.83. The van der Waals surface area contributed by atoms with Gasteiger partial charge in [-0.25, -0.2) is 0 Å². The molecule has 3 aromatic rings. The summed E-state index contributed by atoms with van der Waals surface area (Å²) in [5, 5.41) is 0. The summed E-state index contributed by atoms with van der Waals surface area (Å²) in [6, 6.07) is 24.4. The van der Waals surface area contributed by atoms with Gasteiger partial charge >= 0.3 is 0 Å². The molecule has 0 unspecified atom stereocenters. The average Bonchev–Trinajstić information content (AvgIpc) is 2.53. The van der Waals surface area contributed by atoms with Crippen molar-refractivity contribution in [1.29, 1.82) is 0 Å². The zero-order chi connectivity index (χ0) is 15.5. The molecule has 0 aliphatic heterocycles. The van der Waals surface area contributed by atoms with Crippen LogP contribution in [0.15, 0.2) is 81.7 Å². The molecule has 4 heteroatoms. The summed E-state index contributed by atoms with van der Waals surface area (Å²) < 4.78 is 2.12. The van der Waals surface area contributed by atoms with Crippen molar-refractivity contribution in [2.75, 3.05) is 10.6 Å². The highest BCUT2D eigenvalue weighted by Crippen LogP contribution is 2.35. The fourth-order valence-electron chi connectivity index (χ4n) is 2.25. The van der Waals surface area contributed by atoms with Crippen LogP contribution in [0.3, 0.4) is 0 Å². The fraction of sp³-hybridized carbons (Fsp3) is 0. The van der Waals surface area contributed by atoms with Crippen LogP contribution in [0, 0.1) is 0 Å². The van der Waals surface area contributed by atoms with Gasteiger partial charge in [0.1, 0.15) is 0 Å². The van der Waals surface area contributed by atoms with E-state index in [2.05, 4.69) is 61.0 Å². The highest BCUT2D eigenvalue weighted by molar-refractivity contribution is 9.10. The Kier molecular flexibility index (Phi) is 4.50. The highest BCUT2D eigenvalue weighted by Gasteiger charge is 2.12. The molecule has 110 valence electrons. The van der Waals surface area contributed by atoms with E-state index in [-0.39, 0.29) is 0 Å². The molecule has 0 spiro atoms. The van der Waals surface area contributed by atoms with Crippen molar-refractivity contribution in [1.82, 2.24) is 0 Å². The second-order valence-corrected chi connectivity index (χ2v) is 6.71. The van der Waals surface area contributed by atoms with Gasteiger partial charge in [0, 0.05) is 31.7 Å². The van der Waals surface area contributed by atoms with Crippen LogP contribution in [-0.4, -0.2) is 0 Å². The molecule has 0 saturated heterocycles. The third kappa shape index (κ3) is 3.34. The van der Waals surface area contributed by atoms with E-state index in [1.807, 2.05) is 48.5 Å². The van der Waals surface area contributed by atoms with E-state index in [1.54, 1.807) is 0 Å². The molecule has 0 aliphatic carbocycles. The highest BCUT2D eigenvalue weighted by atomic mass is 79.9. The van der Waals surface area contributed by atoms with E-state index in [0.717, 1.165) is 31.7 Å². The lowest BCUT2D eigenvalue weighted by molar-refractivity contribution is 1.28. The van der Waals surface area contributed by atoms with Gasteiger partial charge in [-0.05, 0) is 72.8 Å². The number of benzene rings is 3. The Morgan fingerprint density at radius 1 is 0.545 bits per heavy atom. The Bertz CT molecular complexity index is 642. The number of nitrogens with two attached hydrogens (primary N) is 1. The molecule has 0 heterocycles. The number of hydrogen-bond acceptors (Lipinski definition) is 2. The van der Waals surface area contributed by atoms with Gasteiger partial charge in [0.15, 0.2) is 0 Å². The van der Waals surface area contributed by atoms with Crippen molar-refractivity contribution in [3.63, 3.8) is 0 Å². The molecule has 0 aliphatic rings. The van der Waals surface area contributed by atoms with Crippen LogP contribution in [0.5, 0.6) is 0 Å². The maximum absolute atomic E-state index is 5.81. The molecular weight excluding hydrogens is 404 g/mol. The molecule has 0 aromatic heterocycles. The Balaban J connectivity index is 2.10. The van der Waals surface area contributed by atoms with Crippen LogP contribution < -0.4 is 10.6 Å². The molecule has 22 heavy (non-hydrogen) atoms. The van der Waals surface area contributed by atoms with E-state index in [9.17, 15) is 0 Å². The Labute approximate surface area is 146 Å². The van der Waals surface area contributed by atoms with Gasteiger partial charge in [-0.3, -0.25) is 0 Å². The standard InChI is InChI=1S/C18H14Br2N2/c19-13-1-7-16(8-2-13)22(17-9-3-14(20)4-10-17)18-11-5-15(21)6-12-18/h1-12H,21H2. The Morgan fingerprint density at radius 3 is 1.23 bits per heavy atom. The van der Waals surface area contributed by atoms with Gasteiger partial charge in [0.2, 0.25) is 0 Å². The van der Waals surface area contributed by atoms with Crippen LogP contribution in [-0.2, 0) is 0 Å². The number of rotatable bonds is 3. The Hall–Kier alpha value is -1.78. The first-order chi connectivity index (χ1) is 10.6. The van der Waals surface area contributed by atoms with E-state index < -0.39 is 0 Å². The topological polar surface area (TPSA) is 29.3 Å². The summed E-state index contributed by atoms with van der Waals surface area (Å²) in [7, 11) is 0. The number of nitrogen functional groups attached to an aromatic ring is 1. The first-order valence-electron chi connectivity index (χ1n) is 6.80. The van der Waals surface area contributed by atoms with Crippen molar-refractivity contribution in [3.05, 3.63) is 81.7 Å². The first-order valence-corrected chi connectivity index (χ1v) is 8.39. The van der Waals surface area contributed by atoms with Crippen molar-refractivity contribution in [2.24, 2.45) is 0 Å². The molecule has 3 rings (SSSR count). The van der Waals surface area contributed by atoms with Gasteiger partial charge in [0.05, 0.1) is 0 Å². The van der Waals surface area contributed by atoms with Gasteiger partial charge in [-0.1, -0.05) is 31.9 Å². The summed E-state index contributed by atoms with van der Waals surface area (Å²) in [4.78, 5) is 2.19. The van der Waals surface area contributed by atoms with Crippen LogP contribution in [0.2, 0.25) is 0 Å². The second kappa shape index (κ2) is 6.55. The maximum Gasteiger partial charge on any atom is 0.0463 e. The largest absolute Gasteiger partial charge is 0.399 e. The summed E-state index contributed by atoms with van der Waals surface area (Å²) in [6.07, 6.45) is 0. The average molecular weight is 418 g/mol. The predicted octanol–water partition coefficient (Wildman–Crippen LogP) is 6.26. The fourth-order valence-corrected chi connectivity index (χ4v) is 2.78. The number of halogens is 2. The number of hydrogen-bond donors (Lipinski definition) is 1. The van der Waals surface area contributed by atoms with Crippen LogP contribution >= 0.6 is 31.9 Å². The molecule has 0 saturated carbocycles. The monoisotopic (exact) mass is 416 g/mol. The molecule has 0 fully saturated rings. The maximum atomic E-state index is 5.81. The van der Waals surface area contributed by atoms with E-state index in [0.29, 0.717) is 0 Å². The van der Waals surface area contributed by atoms with E-state index in [4.69, 9.17) is 5.73 Å². The number of anilines is 4. The van der Waals surface area contributed by atoms with Crippen molar-refractivity contribution >= 4 is 54.6 Å². The van der Waals surface area contributed by atoms with Crippen molar-refractivity contribution < 1.29 is 0 Å². The normalized spacial score (nSPS) is 10.5. The number of nitrogens with zero attached hydrogens (tertiary/aromatic N) is 1. The third-order valence-electron chi connectivity index (χ3n) is 3.32. The Morgan fingerprint density at radius 2 is 0.864 bits per heavy atom. The van der Waals surface area contributed by atoms with Gasteiger partial charge in [0.25, 0.3) is 0 Å². The summed E-state index contributed by atoms with van der Waals surface area (Å²) in [5.74, 6) is 0. The predicted molar refractivity (Wildman–Crippen MR) is 101 cm³/mol. The molecule has 3 aromatic carbocycles. The smallest absolute Gasteiger partial charge is 0.0463 e. The van der Waals surface area contributed by atoms with Crippen molar-refractivity contribution in [2.45, 2.75) is 0 Å². The lowest BCUT2D eigenvalue weighted by Gasteiger charge is -2.25. The van der Waals surface area contributed by atoms with Crippen LogP contribution in [0.25, 0.3) is 0 Å². The van der Waals surface area contributed by atoms with Gasteiger partial charge in [-0.15, -0.1) is 0 Å². The molecular formula is C18H14Br2N2. The minimum atomic E-state index is 0.760. The van der Waals surface area contributed by atoms with Crippen molar-refractivity contribution in [3.8, 4) is 0 Å². The van der Waals surface area contributed by atoms with Gasteiger partial charge < -0.3 is 10.6 Å². The molecule has 0 atom stereocenters. The second-order valence-electron chi connectivity index (χ2n) is 4.88. The molecule has 2 N–H and O–H groups in total. The van der Waals surface area contributed by atoms with Crippen LogP contribution in [0.1, 0.15) is 0 Å². The first kappa shape index (κ1) is 15.1. The van der Waals surface area contributed by atoms with Crippen LogP contribution in [0.4, 0.5) is 22.7 Å². The van der Waals surface area contributed by atoms with E-state index in [1.165, 1.54) is 0 Å². The van der Waals surface area contributed by atoms with Gasteiger partial charge in [-0.2, -0.15) is 0 Å². The quantitative estimate of drug-likeness (QED) is 0.509. The molecule has 0 amide bonds. The SMILES string of the molecule is Nc1ccc(N(c2ccc(Br)cc2)c2ccc(Br)cc2)cc1. The minimum Gasteiger partial charge on any atom is -0.399 e. The molecule has 0 bridgehead atoms. The minimum absolute atomic E-state index is 0.760. The zero-order valence-corrected chi connectivity index (χ0v) is 14.9. The third-order valence-corrected chi connectivity index (χ3v) is 4.38. The molecule has 0 radical (unpaired) electrons. The lowest BCUT2D eigenvalue weighted by atomic mass is 10.2. The zero-order valence-electron chi connectivity index (χ0n) is 11.7. The summed E-state index contributed by atoms with van der Waals surface area (Å²) in [6.45, 7) is 0. The lowest BCUT2D eigenvalue weighted by Crippen LogP contribution is -2.09. The molecule has 2 nitrogen and oxygen atoms in total. The summed E-state index contributed by atoms with van der Waals surface area (Å²) >= 11 is 6.97. The van der Waals surface area contributed by atoms with E-state index >= 15 is 0 Å².